The summed E-state index contributed by atoms with van der Waals surface area (Å²) in [6.45, 7) is 3.01. The molecule has 5 heteroatoms. The number of aromatic nitrogens is 1. The van der Waals surface area contributed by atoms with Crippen LogP contribution < -0.4 is 11.3 Å². The normalized spacial score (nSPS) is 19.3. The highest BCUT2D eigenvalue weighted by molar-refractivity contribution is 5.99. The largest absolute Gasteiger partial charge is 0.336 e. The van der Waals surface area contributed by atoms with Crippen LogP contribution >= 0.6 is 0 Å². The van der Waals surface area contributed by atoms with E-state index in [-0.39, 0.29) is 5.91 Å². The fourth-order valence-electron chi connectivity index (χ4n) is 2.75. The van der Waals surface area contributed by atoms with E-state index in [4.69, 9.17) is 5.84 Å². The van der Waals surface area contributed by atoms with Crippen LogP contribution in [-0.2, 0) is 0 Å². The van der Waals surface area contributed by atoms with E-state index in [9.17, 15) is 4.79 Å². The van der Waals surface area contributed by atoms with Gasteiger partial charge in [0.15, 0.2) is 0 Å². The molecule has 1 atom stereocenters. The van der Waals surface area contributed by atoms with Crippen LogP contribution in [0.3, 0.4) is 0 Å². The average Bonchev–Trinajstić information content (AvgIpc) is 2.47. The summed E-state index contributed by atoms with van der Waals surface area (Å²) in [6, 6.07) is 2.10. The van der Waals surface area contributed by atoms with Crippen LogP contribution in [0.4, 0.5) is 5.69 Å². The Labute approximate surface area is 114 Å². The maximum absolute atomic E-state index is 12.7. The van der Waals surface area contributed by atoms with Gasteiger partial charge in [-0.05, 0) is 31.7 Å². The zero-order valence-corrected chi connectivity index (χ0v) is 11.4. The Kier molecular flexibility index (Phi) is 4.74. The minimum absolute atomic E-state index is 0.0634. The van der Waals surface area contributed by atoms with Crippen molar-refractivity contribution in [3.63, 3.8) is 0 Å². The lowest BCUT2D eigenvalue weighted by Crippen LogP contribution is -2.44. The van der Waals surface area contributed by atoms with Crippen molar-refractivity contribution in [2.75, 3.05) is 12.0 Å². The Hall–Kier alpha value is -1.62. The summed E-state index contributed by atoms with van der Waals surface area (Å²) in [5.74, 6) is 5.51. The SMILES string of the molecule is CCCC1CCCCN1C(=O)c1ccncc1NN. The van der Waals surface area contributed by atoms with Crippen molar-refractivity contribution in [1.29, 1.82) is 0 Å². The van der Waals surface area contributed by atoms with Crippen LogP contribution in [0.1, 0.15) is 49.4 Å². The van der Waals surface area contributed by atoms with Gasteiger partial charge in [0.05, 0.1) is 17.4 Å². The van der Waals surface area contributed by atoms with Crippen LogP contribution in [0.5, 0.6) is 0 Å². The zero-order chi connectivity index (χ0) is 13.7. The second-order valence-electron chi connectivity index (χ2n) is 5.00. The predicted octanol–water partition coefficient (Wildman–Crippen LogP) is 2.16. The predicted molar refractivity (Wildman–Crippen MR) is 75.6 cm³/mol. The second-order valence-corrected chi connectivity index (χ2v) is 5.00. The molecule has 1 aromatic rings. The number of nitrogens with zero attached hydrogens (tertiary/aromatic N) is 2. The van der Waals surface area contributed by atoms with Crippen molar-refractivity contribution in [2.45, 2.75) is 45.1 Å². The number of carbonyl (C=O) groups excluding carboxylic acids is 1. The first kappa shape index (κ1) is 13.8. The molecule has 0 radical (unpaired) electrons. The molecule has 1 saturated heterocycles. The summed E-state index contributed by atoms with van der Waals surface area (Å²) in [5, 5.41) is 0. The summed E-state index contributed by atoms with van der Waals surface area (Å²) >= 11 is 0. The van der Waals surface area contributed by atoms with Gasteiger partial charge >= 0.3 is 0 Å². The highest BCUT2D eigenvalue weighted by Gasteiger charge is 2.27. The summed E-state index contributed by atoms with van der Waals surface area (Å²) in [5.41, 5.74) is 3.76. The minimum atomic E-state index is 0.0634. The number of pyridine rings is 1. The fourth-order valence-corrected chi connectivity index (χ4v) is 2.75. The van der Waals surface area contributed by atoms with Gasteiger partial charge in [-0.3, -0.25) is 15.6 Å². The smallest absolute Gasteiger partial charge is 0.256 e. The Morgan fingerprint density at radius 1 is 1.58 bits per heavy atom. The monoisotopic (exact) mass is 262 g/mol. The number of hydrogen-bond acceptors (Lipinski definition) is 4. The van der Waals surface area contributed by atoms with Gasteiger partial charge in [-0.15, -0.1) is 0 Å². The van der Waals surface area contributed by atoms with E-state index >= 15 is 0 Å². The van der Waals surface area contributed by atoms with Gasteiger partial charge in [-0.25, -0.2) is 0 Å². The van der Waals surface area contributed by atoms with Gasteiger partial charge in [0.1, 0.15) is 0 Å². The summed E-state index contributed by atoms with van der Waals surface area (Å²) < 4.78 is 0. The Morgan fingerprint density at radius 2 is 2.42 bits per heavy atom. The van der Waals surface area contributed by atoms with E-state index in [0.717, 1.165) is 32.2 Å². The standard InChI is InChI=1S/C14H22N4O/c1-2-5-11-6-3-4-9-18(11)14(19)12-7-8-16-10-13(12)17-15/h7-8,10-11,17H,2-6,9,15H2,1H3. The van der Waals surface area contributed by atoms with Crippen molar-refractivity contribution < 1.29 is 4.79 Å². The number of amides is 1. The highest BCUT2D eigenvalue weighted by Crippen LogP contribution is 2.24. The van der Waals surface area contributed by atoms with Gasteiger partial charge in [-0.2, -0.15) is 0 Å². The number of hydrazine groups is 1. The molecule has 3 N–H and O–H groups in total. The number of piperidine rings is 1. The van der Waals surface area contributed by atoms with Gasteiger partial charge in [0, 0.05) is 18.8 Å². The van der Waals surface area contributed by atoms with Crippen molar-refractivity contribution in [1.82, 2.24) is 9.88 Å². The number of anilines is 1. The van der Waals surface area contributed by atoms with Crippen molar-refractivity contribution in [2.24, 2.45) is 5.84 Å². The van der Waals surface area contributed by atoms with Crippen LogP contribution in [-0.4, -0.2) is 28.4 Å². The number of hydrogen-bond donors (Lipinski definition) is 2. The quantitative estimate of drug-likeness (QED) is 0.644. The van der Waals surface area contributed by atoms with E-state index in [2.05, 4.69) is 17.3 Å². The molecule has 1 aliphatic heterocycles. The van der Waals surface area contributed by atoms with E-state index in [1.54, 1.807) is 18.5 Å². The van der Waals surface area contributed by atoms with Crippen molar-refractivity contribution in [3.05, 3.63) is 24.0 Å². The third-order valence-corrected chi connectivity index (χ3v) is 3.72. The van der Waals surface area contributed by atoms with E-state index in [0.29, 0.717) is 17.3 Å². The first-order valence-corrected chi connectivity index (χ1v) is 6.99. The maximum Gasteiger partial charge on any atom is 0.256 e. The molecule has 19 heavy (non-hydrogen) atoms. The molecule has 1 aliphatic rings. The molecular weight excluding hydrogens is 240 g/mol. The Bertz CT molecular complexity index is 433. The summed E-state index contributed by atoms with van der Waals surface area (Å²) in [7, 11) is 0. The van der Waals surface area contributed by atoms with E-state index in [1.165, 1.54) is 6.42 Å². The number of nitrogen functional groups attached to an aromatic ring is 1. The van der Waals surface area contributed by atoms with Gasteiger partial charge in [-0.1, -0.05) is 13.3 Å². The molecule has 0 spiro atoms. The lowest BCUT2D eigenvalue weighted by molar-refractivity contribution is 0.0601. The lowest BCUT2D eigenvalue weighted by Gasteiger charge is -2.36. The molecule has 0 bridgehead atoms. The van der Waals surface area contributed by atoms with E-state index in [1.807, 2.05) is 4.90 Å². The molecule has 1 fully saturated rings. The maximum atomic E-state index is 12.7. The molecule has 0 saturated carbocycles. The molecule has 5 nitrogen and oxygen atoms in total. The molecule has 2 heterocycles. The number of rotatable bonds is 4. The van der Waals surface area contributed by atoms with Crippen molar-refractivity contribution >= 4 is 11.6 Å². The summed E-state index contributed by atoms with van der Waals surface area (Å²) in [6.07, 6.45) is 8.80. The third-order valence-electron chi connectivity index (χ3n) is 3.72. The molecule has 104 valence electrons. The molecule has 0 aromatic carbocycles. The van der Waals surface area contributed by atoms with Crippen molar-refractivity contribution in [3.8, 4) is 0 Å². The van der Waals surface area contributed by atoms with Crippen LogP contribution in [0.15, 0.2) is 18.5 Å². The number of nitrogens with one attached hydrogen (secondary N) is 1. The Morgan fingerprint density at radius 3 is 3.16 bits per heavy atom. The molecular formula is C14H22N4O. The topological polar surface area (TPSA) is 71.2 Å². The molecule has 1 aromatic heterocycles. The number of carbonyl (C=O) groups is 1. The van der Waals surface area contributed by atoms with Crippen LogP contribution in [0, 0.1) is 0 Å². The van der Waals surface area contributed by atoms with Gasteiger partial charge in [0.2, 0.25) is 0 Å². The zero-order valence-electron chi connectivity index (χ0n) is 11.4. The minimum Gasteiger partial charge on any atom is -0.336 e. The highest BCUT2D eigenvalue weighted by atomic mass is 16.2. The summed E-state index contributed by atoms with van der Waals surface area (Å²) in [4.78, 5) is 18.7. The Balaban J connectivity index is 2.21. The first-order valence-electron chi connectivity index (χ1n) is 6.99. The van der Waals surface area contributed by atoms with E-state index < -0.39 is 0 Å². The molecule has 0 aliphatic carbocycles. The van der Waals surface area contributed by atoms with Crippen LogP contribution in [0.25, 0.3) is 0 Å². The number of nitrogens with two attached hydrogens (primary N) is 1. The molecule has 1 amide bonds. The second kappa shape index (κ2) is 6.52. The third kappa shape index (κ3) is 3.04. The van der Waals surface area contributed by atoms with Crippen LogP contribution in [0.2, 0.25) is 0 Å². The van der Waals surface area contributed by atoms with Gasteiger partial charge < -0.3 is 10.3 Å². The molecule has 2 rings (SSSR count). The lowest BCUT2D eigenvalue weighted by atomic mass is 9.97. The van der Waals surface area contributed by atoms with Gasteiger partial charge in [0.25, 0.3) is 5.91 Å². The fraction of sp³-hybridized carbons (Fsp3) is 0.571. The average molecular weight is 262 g/mol. The molecule has 1 unspecified atom stereocenters. The number of likely N-dealkylation sites (tertiary alicyclic amines) is 1. The first-order chi connectivity index (χ1) is 9.27.